The zero-order chi connectivity index (χ0) is 12.4. The first-order valence-corrected chi connectivity index (χ1v) is 8.11. The highest BCUT2D eigenvalue weighted by molar-refractivity contribution is 7.09. The lowest BCUT2D eigenvalue weighted by atomic mass is 10.3. The van der Waals surface area contributed by atoms with Crippen molar-refractivity contribution in [1.82, 2.24) is 15.2 Å². The van der Waals surface area contributed by atoms with Gasteiger partial charge in [0.05, 0.1) is 5.69 Å². The minimum atomic E-state index is 0.865. The van der Waals surface area contributed by atoms with Gasteiger partial charge in [-0.1, -0.05) is 6.92 Å². The molecule has 2 saturated carbocycles. The fourth-order valence-electron chi connectivity index (χ4n) is 2.36. The topological polar surface area (TPSA) is 28.2 Å². The van der Waals surface area contributed by atoms with E-state index in [-0.39, 0.29) is 0 Å². The Kier molecular flexibility index (Phi) is 3.97. The van der Waals surface area contributed by atoms with Crippen molar-refractivity contribution >= 4 is 11.3 Å². The summed E-state index contributed by atoms with van der Waals surface area (Å²) in [6, 6.07) is 0.865. The van der Waals surface area contributed by atoms with Gasteiger partial charge in [-0.15, -0.1) is 11.3 Å². The average Bonchev–Trinajstić information content (AvgIpc) is 3.26. The molecule has 0 saturated heterocycles. The van der Waals surface area contributed by atoms with Crippen LogP contribution in [0.4, 0.5) is 0 Å². The Morgan fingerprint density at radius 3 is 2.89 bits per heavy atom. The fourth-order valence-corrected chi connectivity index (χ4v) is 3.11. The molecule has 1 aromatic heterocycles. The van der Waals surface area contributed by atoms with E-state index in [9.17, 15) is 0 Å². The number of thiazole rings is 1. The summed E-state index contributed by atoms with van der Waals surface area (Å²) >= 11 is 1.80. The molecule has 0 atom stereocenters. The molecule has 100 valence electrons. The molecular formula is C14H23N3S. The number of hydrogen-bond donors (Lipinski definition) is 1. The SMILES string of the molecule is CCNCc1nc(CN(CC2CC2)C2CC2)cs1. The summed E-state index contributed by atoms with van der Waals surface area (Å²) in [4.78, 5) is 7.41. The molecule has 18 heavy (non-hydrogen) atoms. The van der Waals surface area contributed by atoms with E-state index in [1.54, 1.807) is 11.3 Å². The van der Waals surface area contributed by atoms with Crippen LogP contribution in [0.5, 0.6) is 0 Å². The number of aromatic nitrogens is 1. The van der Waals surface area contributed by atoms with Crippen molar-refractivity contribution in [1.29, 1.82) is 0 Å². The molecule has 3 rings (SSSR count). The van der Waals surface area contributed by atoms with Crippen molar-refractivity contribution in [3.63, 3.8) is 0 Å². The maximum atomic E-state index is 4.74. The Morgan fingerprint density at radius 2 is 2.22 bits per heavy atom. The predicted molar refractivity (Wildman–Crippen MR) is 75.7 cm³/mol. The van der Waals surface area contributed by atoms with Crippen LogP contribution >= 0.6 is 11.3 Å². The first-order valence-electron chi connectivity index (χ1n) is 7.23. The Bertz CT molecular complexity index is 382. The third-order valence-electron chi connectivity index (χ3n) is 3.74. The van der Waals surface area contributed by atoms with Gasteiger partial charge in [0.1, 0.15) is 5.01 Å². The van der Waals surface area contributed by atoms with Gasteiger partial charge >= 0.3 is 0 Å². The summed E-state index contributed by atoms with van der Waals surface area (Å²) in [6.45, 7) is 6.46. The van der Waals surface area contributed by atoms with Gasteiger partial charge in [-0.2, -0.15) is 0 Å². The van der Waals surface area contributed by atoms with Crippen molar-refractivity contribution in [3.8, 4) is 0 Å². The van der Waals surface area contributed by atoms with Gasteiger partial charge in [-0.25, -0.2) is 4.98 Å². The third kappa shape index (κ3) is 3.53. The minimum Gasteiger partial charge on any atom is -0.311 e. The van der Waals surface area contributed by atoms with Crippen LogP contribution in [0.3, 0.4) is 0 Å². The number of nitrogens with zero attached hydrogens (tertiary/aromatic N) is 2. The smallest absolute Gasteiger partial charge is 0.107 e. The molecule has 2 aliphatic carbocycles. The number of nitrogens with one attached hydrogen (secondary N) is 1. The van der Waals surface area contributed by atoms with Gasteiger partial charge in [0, 0.05) is 31.1 Å². The largest absolute Gasteiger partial charge is 0.311 e. The van der Waals surface area contributed by atoms with E-state index < -0.39 is 0 Å². The Labute approximate surface area is 114 Å². The molecule has 2 aliphatic rings. The molecule has 2 fully saturated rings. The first kappa shape index (κ1) is 12.6. The molecule has 0 unspecified atom stereocenters. The van der Waals surface area contributed by atoms with Gasteiger partial charge in [0.2, 0.25) is 0 Å². The second-order valence-electron chi connectivity index (χ2n) is 5.62. The van der Waals surface area contributed by atoms with Crippen LogP contribution in [-0.2, 0) is 13.1 Å². The van der Waals surface area contributed by atoms with Crippen molar-refractivity contribution in [2.75, 3.05) is 13.1 Å². The van der Waals surface area contributed by atoms with E-state index in [1.165, 1.54) is 42.9 Å². The van der Waals surface area contributed by atoms with Gasteiger partial charge in [-0.3, -0.25) is 4.90 Å². The Morgan fingerprint density at radius 1 is 1.39 bits per heavy atom. The van der Waals surface area contributed by atoms with E-state index >= 15 is 0 Å². The number of rotatable bonds is 8. The van der Waals surface area contributed by atoms with E-state index in [0.717, 1.165) is 31.6 Å². The second-order valence-corrected chi connectivity index (χ2v) is 6.56. The summed E-state index contributed by atoms with van der Waals surface area (Å²) < 4.78 is 0. The van der Waals surface area contributed by atoms with Crippen molar-refractivity contribution in [3.05, 3.63) is 16.1 Å². The monoisotopic (exact) mass is 265 g/mol. The zero-order valence-corrected chi connectivity index (χ0v) is 12.0. The third-order valence-corrected chi connectivity index (χ3v) is 4.64. The van der Waals surface area contributed by atoms with Gasteiger partial charge < -0.3 is 5.32 Å². The summed E-state index contributed by atoms with van der Waals surface area (Å²) in [6.07, 6.45) is 5.71. The lowest BCUT2D eigenvalue weighted by molar-refractivity contribution is 0.241. The highest BCUT2D eigenvalue weighted by atomic mass is 32.1. The quantitative estimate of drug-likeness (QED) is 0.783. The summed E-state index contributed by atoms with van der Waals surface area (Å²) in [5, 5.41) is 6.82. The fraction of sp³-hybridized carbons (Fsp3) is 0.786. The van der Waals surface area contributed by atoms with Gasteiger partial charge in [0.25, 0.3) is 0 Å². The Hall–Kier alpha value is -0.450. The van der Waals surface area contributed by atoms with Crippen LogP contribution in [0.25, 0.3) is 0 Å². The molecule has 0 spiro atoms. The average molecular weight is 265 g/mol. The predicted octanol–water partition coefficient (Wildman–Crippen LogP) is 2.63. The number of hydrogen-bond acceptors (Lipinski definition) is 4. The molecule has 1 aromatic rings. The molecule has 0 aromatic carbocycles. The highest BCUT2D eigenvalue weighted by Gasteiger charge is 2.33. The minimum absolute atomic E-state index is 0.865. The Balaban J connectivity index is 1.54. The van der Waals surface area contributed by atoms with Crippen molar-refractivity contribution in [2.24, 2.45) is 5.92 Å². The maximum Gasteiger partial charge on any atom is 0.107 e. The van der Waals surface area contributed by atoms with E-state index in [4.69, 9.17) is 4.98 Å². The molecule has 0 aliphatic heterocycles. The zero-order valence-electron chi connectivity index (χ0n) is 11.2. The van der Waals surface area contributed by atoms with Crippen LogP contribution in [0.2, 0.25) is 0 Å². The molecule has 0 bridgehead atoms. The van der Waals surface area contributed by atoms with Crippen LogP contribution in [0, 0.1) is 5.92 Å². The van der Waals surface area contributed by atoms with Crippen LogP contribution < -0.4 is 5.32 Å². The van der Waals surface area contributed by atoms with Crippen molar-refractivity contribution < 1.29 is 0 Å². The lowest BCUT2D eigenvalue weighted by Gasteiger charge is -2.20. The standard InChI is InChI=1S/C14H23N3S/c1-2-15-7-14-16-12(10-18-14)9-17(13-5-6-13)8-11-3-4-11/h10-11,13,15H,2-9H2,1H3. The normalized spacial score (nSPS) is 19.7. The highest BCUT2D eigenvalue weighted by Crippen LogP contribution is 2.35. The van der Waals surface area contributed by atoms with Gasteiger partial charge in [0.15, 0.2) is 0 Å². The van der Waals surface area contributed by atoms with Crippen LogP contribution in [-0.4, -0.2) is 29.0 Å². The van der Waals surface area contributed by atoms with Gasteiger partial charge in [-0.05, 0) is 38.1 Å². The summed E-state index contributed by atoms with van der Waals surface area (Å²) in [5.41, 5.74) is 1.28. The molecule has 1 N–H and O–H groups in total. The molecule has 0 radical (unpaired) electrons. The molecule has 1 heterocycles. The summed E-state index contributed by atoms with van der Waals surface area (Å²) in [5.74, 6) is 0.991. The summed E-state index contributed by atoms with van der Waals surface area (Å²) in [7, 11) is 0. The second kappa shape index (κ2) is 5.68. The maximum absolute atomic E-state index is 4.74. The molecule has 0 amide bonds. The van der Waals surface area contributed by atoms with E-state index in [2.05, 4.69) is 22.5 Å². The van der Waals surface area contributed by atoms with E-state index in [1.807, 2.05) is 0 Å². The van der Waals surface area contributed by atoms with E-state index in [0.29, 0.717) is 0 Å². The van der Waals surface area contributed by atoms with Crippen LogP contribution in [0.1, 0.15) is 43.3 Å². The lowest BCUT2D eigenvalue weighted by Crippen LogP contribution is -2.28. The van der Waals surface area contributed by atoms with Crippen molar-refractivity contribution in [2.45, 2.75) is 51.7 Å². The molecule has 4 heteroatoms. The molecule has 3 nitrogen and oxygen atoms in total. The first-order chi connectivity index (χ1) is 8.85. The van der Waals surface area contributed by atoms with Crippen LogP contribution in [0.15, 0.2) is 5.38 Å². The molecular weight excluding hydrogens is 242 g/mol.